The molecular weight excluding hydrogens is 923 g/mol. The summed E-state index contributed by atoms with van der Waals surface area (Å²) in [5, 5.41) is 23.1. The Hall–Kier alpha value is -1.66. The summed E-state index contributed by atoms with van der Waals surface area (Å²) in [5.74, 6) is -0.0180. The van der Waals surface area contributed by atoms with Crippen LogP contribution in [0, 0.1) is 0 Å². The molecule has 3 N–H and O–H groups in total. The van der Waals surface area contributed by atoms with Crippen LogP contribution < -0.4 is 5.32 Å². The Balaban J connectivity index is 3.31. The molecule has 0 aliphatic carbocycles. The Kier molecular flexibility index (Phi) is 63.4. The van der Waals surface area contributed by atoms with Crippen molar-refractivity contribution in [2.45, 2.75) is 392 Å². The monoisotopic (exact) mass is 1060 g/mol. The Labute approximate surface area is 469 Å². The van der Waals surface area contributed by atoms with Crippen molar-refractivity contribution in [1.82, 2.24) is 5.32 Å². The zero-order valence-corrected chi connectivity index (χ0v) is 50.8. The van der Waals surface area contributed by atoms with Crippen LogP contribution in [0.4, 0.5) is 0 Å². The van der Waals surface area contributed by atoms with Crippen molar-refractivity contribution in [3.63, 3.8) is 0 Å². The normalized spacial score (nSPS) is 12.6. The van der Waals surface area contributed by atoms with Gasteiger partial charge in [-0.3, -0.25) is 9.59 Å². The summed E-state index contributed by atoms with van der Waals surface area (Å²) < 4.78 is 5.50. The van der Waals surface area contributed by atoms with Crippen LogP contribution in [0.3, 0.4) is 0 Å². The molecule has 2 unspecified atom stereocenters. The number of allylic oxidation sites excluding steroid dienone is 4. The van der Waals surface area contributed by atoms with E-state index in [2.05, 4.69) is 43.5 Å². The summed E-state index contributed by atoms with van der Waals surface area (Å²) in [6.45, 7) is 4.95. The average Bonchev–Trinajstić information content (AvgIpc) is 3.41. The molecule has 0 heterocycles. The van der Waals surface area contributed by atoms with Crippen LogP contribution in [0.25, 0.3) is 0 Å². The van der Waals surface area contributed by atoms with Gasteiger partial charge in [0.15, 0.2) is 0 Å². The second-order valence-corrected chi connectivity index (χ2v) is 23.5. The summed E-state index contributed by atoms with van der Waals surface area (Å²) in [7, 11) is 0. The van der Waals surface area contributed by atoms with Gasteiger partial charge in [-0.2, -0.15) is 0 Å². The van der Waals surface area contributed by atoms with Crippen LogP contribution in [0.2, 0.25) is 0 Å². The molecule has 0 aromatic rings. The van der Waals surface area contributed by atoms with Gasteiger partial charge in [-0.05, 0) is 77.0 Å². The lowest BCUT2D eigenvalue weighted by Crippen LogP contribution is -2.45. The van der Waals surface area contributed by atoms with Crippen molar-refractivity contribution in [3.05, 3.63) is 24.3 Å². The second kappa shape index (κ2) is 64.9. The molecule has 0 radical (unpaired) electrons. The van der Waals surface area contributed by atoms with Gasteiger partial charge in [-0.25, -0.2) is 0 Å². The number of rotatable bonds is 64. The maximum atomic E-state index is 12.4. The SMILES string of the molecule is CCCCCCCC/C=C\CCCCCCCCCC(=O)OCCCCCCCCCCCCCC/C=C\CCCCCCCCCCCCCCCCCCC(=O)NC(CO)C(O)CCCCCCCCCCC. The number of aliphatic hydroxyl groups is 2. The summed E-state index contributed by atoms with van der Waals surface area (Å²) in [5.41, 5.74) is 0. The van der Waals surface area contributed by atoms with Crippen LogP contribution in [-0.2, 0) is 14.3 Å². The number of amides is 1. The average molecular weight is 1060 g/mol. The molecule has 1 amide bonds. The maximum absolute atomic E-state index is 12.4. The highest BCUT2D eigenvalue weighted by Crippen LogP contribution is 2.18. The van der Waals surface area contributed by atoms with E-state index in [1.165, 1.54) is 302 Å². The number of nitrogens with one attached hydrogen (secondary N) is 1. The number of carbonyl (C=O) groups excluding carboxylic acids is 2. The minimum Gasteiger partial charge on any atom is -0.466 e. The molecule has 0 aliphatic rings. The van der Waals surface area contributed by atoms with Crippen molar-refractivity contribution >= 4 is 11.9 Å². The van der Waals surface area contributed by atoms with Gasteiger partial charge < -0.3 is 20.3 Å². The first-order valence-corrected chi connectivity index (χ1v) is 34.1. The van der Waals surface area contributed by atoms with Crippen molar-refractivity contribution in [2.24, 2.45) is 0 Å². The molecule has 0 aromatic carbocycles. The van der Waals surface area contributed by atoms with Gasteiger partial charge in [0.05, 0.1) is 25.4 Å². The standard InChI is InChI=1S/C69H133NO5/c1-3-5-7-9-11-13-14-15-16-33-37-40-43-47-51-55-59-63-69(74)75-64-60-56-52-48-44-41-38-35-32-30-28-26-24-22-20-18-17-19-21-23-25-27-29-31-34-36-39-42-46-50-54-58-62-68(73)70-66(65-71)67(72)61-57-53-49-45-12-10-8-6-4-2/h15-16,20,22,66-67,71-72H,3-14,17-19,21,23-65H2,1-2H3,(H,70,73)/b16-15-,22-20-. The molecule has 6 heteroatoms. The largest absolute Gasteiger partial charge is 0.466 e. The lowest BCUT2D eigenvalue weighted by molar-refractivity contribution is -0.143. The zero-order chi connectivity index (χ0) is 54.3. The van der Waals surface area contributed by atoms with Crippen molar-refractivity contribution in [1.29, 1.82) is 0 Å². The lowest BCUT2D eigenvalue weighted by Gasteiger charge is -2.22. The second-order valence-electron chi connectivity index (χ2n) is 23.5. The molecule has 75 heavy (non-hydrogen) atoms. The Bertz CT molecular complexity index is 1170. The van der Waals surface area contributed by atoms with Gasteiger partial charge in [-0.15, -0.1) is 0 Å². The van der Waals surface area contributed by atoms with E-state index in [0.717, 1.165) is 44.9 Å². The molecule has 6 nitrogen and oxygen atoms in total. The third-order valence-corrected chi connectivity index (χ3v) is 16.0. The van der Waals surface area contributed by atoms with E-state index in [4.69, 9.17) is 4.74 Å². The number of unbranched alkanes of at least 4 members (excludes halogenated alkanes) is 49. The number of hydrogen-bond donors (Lipinski definition) is 3. The molecule has 0 aromatic heterocycles. The summed E-state index contributed by atoms with van der Waals surface area (Å²) in [6.07, 6.45) is 81.0. The summed E-state index contributed by atoms with van der Waals surface area (Å²) in [4.78, 5) is 24.5. The minimum absolute atomic E-state index is 0.0153. The summed E-state index contributed by atoms with van der Waals surface area (Å²) in [6, 6.07) is -0.537. The molecule has 0 rings (SSSR count). The quantitative estimate of drug-likeness (QED) is 0.0320. The fourth-order valence-corrected chi connectivity index (χ4v) is 10.7. The Morgan fingerprint density at radius 3 is 0.947 bits per heavy atom. The van der Waals surface area contributed by atoms with E-state index in [-0.39, 0.29) is 18.5 Å². The fourth-order valence-electron chi connectivity index (χ4n) is 10.7. The minimum atomic E-state index is -0.660. The number of esters is 1. The smallest absolute Gasteiger partial charge is 0.305 e. The number of ether oxygens (including phenoxy) is 1. The van der Waals surface area contributed by atoms with E-state index < -0.39 is 12.1 Å². The van der Waals surface area contributed by atoms with Gasteiger partial charge in [0.25, 0.3) is 0 Å². The molecular formula is C69H133NO5. The van der Waals surface area contributed by atoms with Crippen molar-refractivity contribution in [3.8, 4) is 0 Å². The lowest BCUT2D eigenvalue weighted by atomic mass is 10.0. The van der Waals surface area contributed by atoms with E-state index in [1.807, 2.05) is 0 Å². The number of hydrogen-bond acceptors (Lipinski definition) is 5. The van der Waals surface area contributed by atoms with Gasteiger partial charge in [0.2, 0.25) is 5.91 Å². The predicted octanol–water partition coefficient (Wildman–Crippen LogP) is 21.8. The molecule has 0 saturated carbocycles. The molecule has 0 spiro atoms. The summed E-state index contributed by atoms with van der Waals surface area (Å²) >= 11 is 0. The first kappa shape index (κ1) is 73.3. The third kappa shape index (κ3) is 61.4. The van der Waals surface area contributed by atoms with Crippen molar-refractivity contribution in [2.75, 3.05) is 13.2 Å². The highest BCUT2D eigenvalue weighted by Gasteiger charge is 2.20. The predicted molar refractivity (Wildman–Crippen MR) is 329 cm³/mol. The first-order valence-electron chi connectivity index (χ1n) is 34.1. The maximum Gasteiger partial charge on any atom is 0.305 e. The van der Waals surface area contributed by atoms with Gasteiger partial charge in [0, 0.05) is 12.8 Å². The zero-order valence-electron chi connectivity index (χ0n) is 50.8. The van der Waals surface area contributed by atoms with Crippen molar-refractivity contribution < 1.29 is 24.5 Å². The van der Waals surface area contributed by atoms with E-state index >= 15 is 0 Å². The molecule has 0 aliphatic heterocycles. The van der Waals surface area contributed by atoms with Crippen LogP contribution in [0.1, 0.15) is 380 Å². The van der Waals surface area contributed by atoms with Gasteiger partial charge in [-0.1, -0.05) is 314 Å². The number of aliphatic hydroxyl groups excluding tert-OH is 2. The molecule has 0 bridgehead atoms. The fraction of sp³-hybridized carbons (Fsp3) is 0.913. The van der Waals surface area contributed by atoms with Gasteiger partial charge in [0.1, 0.15) is 0 Å². The highest BCUT2D eigenvalue weighted by atomic mass is 16.5. The molecule has 0 saturated heterocycles. The molecule has 2 atom stereocenters. The van der Waals surface area contributed by atoms with Crippen LogP contribution in [0.5, 0.6) is 0 Å². The van der Waals surface area contributed by atoms with E-state index in [0.29, 0.717) is 25.9 Å². The topological polar surface area (TPSA) is 95.9 Å². The molecule has 0 fully saturated rings. The van der Waals surface area contributed by atoms with E-state index in [9.17, 15) is 19.8 Å². The Morgan fingerprint density at radius 2 is 0.627 bits per heavy atom. The molecule has 444 valence electrons. The van der Waals surface area contributed by atoms with Gasteiger partial charge >= 0.3 is 5.97 Å². The van der Waals surface area contributed by atoms with E-state index in [1.54, 1.807) is 0 Å². The highest BCUT2D eigenvalue weighted by molar-refractivity contribution is 5.76. The number of carbonyl (C=O) groups is 2. The van der Waals surface area contributed by atoms with Crippen LogP contribution in [0.15, 0.2) is 24.3 Å². The Morgan fingerprint density at radius 1 is 0.360 bits per heavy atom. The first-order chi connectivity index (χ1) is 37.0. The van der Waals surface area contributed by atoms with Crippen LogP contribution in [-0.4, -0.2) is 47.4 Å². The van der Waals surface area contributed by atoms with Crippen LogP contribution >= 0.6 is 0 Å². The third-order valence-electron chi connectivity index (χ3n) is 16.0.